The van der Waals surface area contributed by atoms with Crippen LogP contribution in [-0.4, -0.2) is 18.9 Å². The number of rotatable bonds is 3. The van der Waals surface area contributed by atoms with E-state index in [4.69, 9.17) is 0 Å². The first-order valence-corrected chi connectivity index (χ1v) is 5.26. The van der Waals surface area contributed by atoms with Crippen LogP contribution in [0.5, 0.6) is 0 Å². The van der Waals surface area contributed by atoms with Crippen molar-refractivity contribution in [1.29, 1.82) is 0 Å². The van der Waals surface area contributed by atoms with Gasteiger partial charge in [0.15, 0.2) is 5.78 Å². The Morgan fingerprint density at radius 3 is 2.07 bits per heavy atom. The topological polar surface area (TPSA) is 29.1 Å². The van der Waals surface area contributed by atoms with Crippen molar-refractivity contribution in [2.75, 3.05) is 7.05 Å². The number of carbonyl (C=O) groups is 1. The van der Waals surface area contributed by atoms with Gasteiger partial charge in [-0.25, -0.2) is 0 Å². The molecule has 0 fully saturated rings. The minimum Gasteiger partial charge on any atom is -0.310 e. The molecule has 1 atom stereocenters. The summed E-state index contributed by atoms with van der Waals surface area (Å²) in [5.41, 5.74) is 4.21. The van der Waals surface area contributed by atoms with Gasteiger partial charge in [0.1, 0.15) is 0 Å². The van der Waals surface area contributed by atoms with Crippen molar-refractivity contribution < 1.29 is 4.79 Å². The van der Waals surface area contributed by atoms with Crippen LogP contribution in [0.3, 0.4) is 0 Å². The molecule has 2 heteroatoms. The zero-order valence-electron chi connectivity index (χ0n) is 10.1. The molecule has 0 aromatic heterocycles. The first-order valence-electron chi connectivity index (χ1n) is 5.26. The molecule has 0 spiro atoms. The van der Waals surface area contributed by atoms with E-state index >= 15 is 0 Å². The van der Waals surface area contributed by atoms with Crippen molar-refractivity contribution in [2.24, 2.45) is 0 Å². The van der Waals surface area contributed by atoms with Gasteiger partial charge < -0.3 is 5.32 Å². The van der Waals surface area contributed by atoms with E-state index < -0.39 is 0 Å². The summed E-state index contributed by atoms with van der Waals surface area (Å²) in [5.74, 6) is 0.174. The fourth-order valence-electron chi connectivity index (χ4n) is 1.92. The van der Waals surface area contributed by atoms with Crippen LogP contribution in [0, 0.1) is 20.8 Å². The van der Waals surface area contributed by atoms with Crippen LogP contribution in [-0.2, 0) is 0 Å². The summed E-state index contributed by atoms with van der Waals surface area (Å²) < 4.78 is 0. The monoisotopic (exact) mass is 205 g/mol. The lowest BCUT2D eigenvalue weighted by atomic mass is 9.94. The number of Topliss-reactive ketones (excluding diaryl/α,β-unsaturated/α-hetero) is 1. The van der Waals surface area contributed by atoms with E-state index in [0.29, 0.717) is 0 Å². The molecule has 0 saturated carbocycles. The fraction of sp³-hybridized carbons (Fsp3) is 0.462. The fourth-order valence-corrected chi connectivity index (χ4v) is 1.92. The van der Waals surface area contributed by atoms with E-state index in [1.807, 2.05) is 20.8 Å². The van der Waals surface area contributed by atoms with E-state index in [1.54, 1.807) is 7.05 Å². The van der Waals surface area contributed by atoms with Crippen LogP contribution in [0.15, 0.2) is 12.1 Å². The molecule has 0 aliphatic carbocycles. The Bertz CT molecular complexity index is 359. The molecule has 82 valence electrons. The zero-order valence-corrected chi connectivity index (χ0v) is 10.1. The normalized spacial score (nSPS) is 12.6. The van der Waals surface area contributed by atoms with Crippen LogP contribution >= 0.6 is 0 Å². The summed E-state index contributed by atoms with van der Waals surface area (Å²) in [7, 11) is 1.81. The highest BCUT2D eigenvalue weighted by Crippen LogP contribution is 2.18. The summed E-state index contributed by atoms with van der Waals surface area (Å²) in [4.78, 5) is 12.1. The molecule has 1 rings (SSSR count). The highest BCUT2D eigenvalue weighted by Gasteiger charge is 2.17. The van der Waals surface area contributed by atoms with Crippen LogP contribution in [0.2, 0.25) is 0 Å². The molecular weight excluding hydrogens is 186 g/mol. The van der Waals surface area contributed by atoms with Gasteiger partial charge in [-0.1, -0.05) is 17.7 Å². The van der Waals surface area contributed by atoms with Gasteiger partial charge in [-0.2, -0.15) is 0 Å². The SMILES string of the molecule is CNC(C)C(=O)c1c(C)cc(C)cc1C. The summed E-state index contributed by atoms with van der Waals surface area (Å²) in [6, 6.07) is 4.00. The Hall–Kier alpha value is -1.15. The van der Waals surface area contributed by atoms with E-state index in [-0.39, 0.29) is 11.8 Å². The molecule has 0 aliphatic rings. The number of aryl methyl sites for hydroxylation is 3. The Labute approximate surface area is 91.7 Å². The molecule has 1 aromatic rings. The molecule has 1 N–H and O–H groups in total. The van der Waals surface area contributed by atoms with Crippen molar-refractivity contribution in [1.82, 2.24) is 5.32 Å². The largest absolute Gasteiger partial charge is 0.310 e. The number of benzene rings is 1. The number of hydrogen-bond acceptors (Lipinski definition) is 2. The first-order chi connectivity index (χ1) is 6.97. The third-order valence-electron chi connectivity index (χ3n) is 2.75. The molecular formula is C13H19NO. The number of ketones is 1. The van der Waals surface area contributed by atoms with E-state index in [0.717, 1.165) is 16.7 Å². The second-order valence-corrected chi connectivity index (χ2v) is 4.15. The number of nitrogens with one attached hydrogen (secondary N) is 1. The lowest BCUT2D eigenvalue weighted by Gasteiger charge is -2.14. The van der Waals surface area contributed by atoms with Crippen LogP contribution in [0.4, 0.5) is 0 Å². The third kappa shape index (κ3) is 2.45. The van der Waals surface area contributed by atoms with Crippen LogP contribution in [0.1, 0.15) is 34.0 Å². The number of carbonyl (C=O) groups excluding carboxylic acids is 1. The molecule has 0 amide bonds. The number of likely N-dealkylation sites (N-methyl/N-ethyl adjacent to an activating group) is 1. The van der Waals surface area contributed by atoms with Gasteiger partial charge in [0.25, 0.3) is 0 Å². The van der Waals surface area contributed by atoms with Gasteiger partial charge in [0.05, 0.1) is 6.04 Å². The molecule has 0 bridgehead atoms. The maximum atomic E-state index is 12.1. The van der Waals surface area contributed by atoms with Gasteiger partial charge in [0.2, 0.25) is 0 Å². The van der Waals surface area contributed by atoms with Crippen LogP contribution < -0.4 is 5.32 Å². The standard InChI is InChI=1S/C13H19NO/c1-8-6-9(2)12(10(3)7-8)13(15)11(4)14-5/h6-7,11,14H,1-5H3. The van der Waals surface area contributed by atoms with Gasteiger partial charge in [-0.3, -0.25) is 4.79 Å². The average molecular weight is 205 g/mol. The summed E-state index contributed by atoms with van der Waals surface area (Å²) in [5, 5.41) is 2.98. The van der Waals surface area contributed by atoms with Crippen molar-refractivity contribution in [2.45, 2.75) is 33.7 Å². The zero-order chi connectivity index (χ0) is 11.6. The van der Waals surface area contributed by atoms with E-state index in [1.165, 1.54) is 5.56 Å². The van der Waals surface area contributed by atoms with Gasteiger partial charge in [0, 0.05) is 5.56 Å². The Morgan fingerprint density at radius 1 is 1.20 bits per heavy atom. The van der Waals surface area contributed by atoms with Crippen molar-refractivity contribution in [3.63, 3.8) is 0 Å². The Morgan fingerprint density at radius 2 is 1.67 bits per heavy atom. The highest BCUT2D eigenvalue weighted by molar-refractivity contribution is 6.02. The molecule has 1 aromatic carbocycles. The number of hydrogen-bond donors (Lipinski definition) is 1. The maximum Gasteiger partial charge on any atom is 0.179 e. The molecule has 0 radical (unpaired) electrons. The first kappa shape index (κ1) is 11.9. The quantitative estimate of drug-likeness (QED) is 0.768. The summed E-state index contributed by atoms with van der Waals surface area (Å²) >= 11 is 0. The van der Waals surface area contributed by atoms with Crippen molar-refractivity contribution in [3.8, 4) is 0 Å². The predicted molar refractivity (Wildman–Crippen MR) is 63.5 cm³/mol. The smallest absolute Gasteiger partial charge is 0.179 e. The van der Waals surface area contributed by atoms with Crippen LogP contribution in [0.25, 0.3) is 0 Å². The lowest BCUT2D eigenvalue weighted by molar-refractivity contribution is 0.0954. The summed E-state index contributed by atoms with van der Waals surface area (Å²) in [6.45, 7) is 7.93. The van der Waals surface area contributed by atoms with E-state index in [9.17, 15) is 4.79 Å². The van der Waals surface area contributed by atoms with Crippen molar-refractivity contribution in [3.05, 3.63) is 34.4 Å². The maximum absolute atomic E-state index is 12.1. The molecule has 0 heterocycles. The van der Waals surface area contributed by atoms with Crippen molar-refractivity contribution >= 4 is 5.78 Å². The molecule has 0 saturated heterocycles. The summed E-state index contributed by atoms with van der Waals surface area (Å²) in [6.07, 6.45) is 0. The minimum absolute atomic E-state index is 0.120. The predicted octanol–water partition coefficient (Wildman–Crippen LogP) is 2.40. The second kappa shape index (κ2) is 4.58. The molecule has 15 heavy (non-hydrogen) atoms. The third-order valence-corrected chi connectivity index (χ3v) is 2.75. The molecule has 2 nitrogen and oxygen atoms in total. The minimum atomic E-state index is -0.120. The Balaban J connectivity index is 3.20. The van der Waals surface area contributed by atoms with Gasteiger partial charge in [-0.15, -0.1) is 0 Å². The average Bonchev–Trinajstić information content (AvgIpc) is 2.14. The van der Waals surface area contributed by atoms with Gasteiger partial charge >= 0.3 is 0 Å². The molecule has 1 unspecified atom stereocenters. The highest BCUT2D eigenvalue weighted by atomic mass is 16.1. The Kier molecular flexibility index (Phi) is 3.64. The molecule has 0 aliphatic heterocycles. The second-order valence-electron chi connectivity index (χ2n) is 4.15. The lowest BCUT2D eigenvalue weighted by Crippen LogP contribution is -2.31. The van der Waals surface area contributed by atoms with Gasteiger partial charge in [-0.05, 0) is 45.9 Å². The van der Waals surface area contributed by atoms with E-state index in [2.05, 4.69) is 24.4 Å².